The molecule has 1 aliphatic heterocycles. The predicted molar refractivity (Wildman–Crippen MR) is 91.1 cm³/mol. The summed E-state index contributed by atoms with van der Waals surface area (Å²) in [4.78, 5) is 15.7. The van der Waals surface area contributed by atoms with Gasteiger partial charge in [-0.3, -0.25) is 4.57 Å². The van der Waals surface area contributed by atoms with Crippen molar-refractivity contribution in [1.29, 1.82) is 0 Å². The standard InChI is InChI=1S/C16H19N5OS/c1-20-14-13(5-2-6-17-14)19-15(20)21-8-3-4-12(10-21)11-22-16-18-7-9-23-16/h2,5-7,9,12H,3-4,8,10-11H2,1H3. The fourth-order valence-electron chi connectivity index (χ4n) is 3.15. The van der Waals surface area contributed by atoms with Crippen molar-refractivity contribution in [2.75, 3.05) is 24.6 Å². The topological polar surface area (TPSA) is 56.1 Å². The molecule has 3 aromatic heterocycles. The highest BCUT2D eigenvalue weighted by molar-refractivity contribution is 7.11. The van der Waals surface area contributed by atoms with Crippen molar-refractivity contribution < 1.29 is 4.74 Å². The van der Waals surface area contributed by atoms with E-state index >= 15 is 0 Å². The quantitative estimate of drug-likeness (QED) is 0.736. The normalized spacial score (nSPS) is 18.5. The molecule has 0 aliphatic carbocycles. The molecule has 1 unspecified atom stereocenters. The van der Waals surface area contributed by atoms with E-state index in [1.165, 1.54) is 6.42 Å². The number of fused-ring (bicyclic) bond motifs is 1. The number of nitrogens with zero attached hydrogens (tertiary/aromatic N) is 5. The second-order valence-corrected chi connectivity index (χ2v) is 6.74. The van der Waals surface area contributed by atoms with Gasteiger partial charge in [0, 0.05) is 43.8 Å². The summed E-state index contributed by atoms with van der Waals surface area (Å²) in [6.45, 7) is 2.71. The monoisotopic (exact) mass is 329 g/mol. The summed E-state index contributed by atoms with van der Waals surface area (Å²) in [6.07, 6.45) is 5.93. The Morgan fingerprint density at radius 1 is 1.35 bits per heavy atom. The first-order valence-electron chi connectivity index (χ1n) is 7.86. The molecule has 120 valence electrons. The third-order valence-corrected chi connectivity index (χ3v) is 4.94. The van der Waals surface area contributed by atoms with Crippen LogP contribution in [0.15, 0.2) is 29.9 Å². The zero-order chi connectivity index (χ0) is 15.6. The SMILES string of the molecule is Cn1c(N2CCCC(COc3nccs3)C2)nc2cccnc21. The van der Waals surface area contributed by atoms with Crippen LogP contribution in [0.4, 0.5) is 5.95 Å². The Morgan fingerprint density at radius 2 is 2.30 bits per heavy atom. The molecule has 0 radical (unpaired) electrons. The maximum Gasteiger partial charge on any atom is 0.273 e. The van der Waals surface area contributed by atoms with Crippen molar-refractivity contribution in [2.45, 2.75) is 12.8 Å². The first-order chi connectivity index (χ1) is 11.3. The second-order valence-electron chi connectivity index (χ2n) is 5.88. The number of anilines is 1. The van der Waals surface area contributed by atoms with E-state index in [-0.39, 0.29) is 0 Å². The number of aryl methyl sites for hydroxylation is 1. The molecule has 0 bridgehead atoms. The van der Waals surface area contributed by atoms with Gasteiger partial charge in [-0.15, -0.1) is 0 Å². The minimum absolute atomic E-state index is 0.500. The fraction of sp³-hybridized carbons (Fsp3) is 0.438. The van der Waals surface area contributed by atoms with Crippen LogP contribution in [0.1, 0.15) is 12.8 Å². The summed E-state index contributed by atoms with van der Waals surface area (Å²) in [5.41, 5.74) is 1.88. The number of thiazole rings is 1. The van der Waals surface area contributed by atoms with Crippen LogP contribution in [-0.4, -0.2) is 39.2 Å². The minimum atomic E-state index is 0.500. The van der Waals surface area contributed by atoms with Crippen LogP contribution in [0.2, 0.25) is 0 Å². The number of hydrogen-bond acceptors (Lipinski definition) is 6. The summed E-state index contributed by atoms with van der Waals surface area (Å²) in [5, 5.41) is 2.70. The average molecular weight is 329 g/mol. The highest BCUT2D eigenvalue weighted by Crippen LogP contribution is 2.26. The van der Waals surface area contributed by atoms with E-state index in [0.29, 0.717) is 12.5 Å². The van der Waals surface area contributed by atoms with E-state index in [2.05, 4.69) is 19.4 Å². The largest absolute Gasteiger partial charge is 0.470 e. The second kappa shape index (κ2) is 6.16. The van der Waals surface area contributed by atoms with Gasteiger partial charge in [0.25, 0.3) is 5.19 Å². The van der Waals surface area contributed by atoms with E-state index in [0.717, 1.165) is 41.8 Å². The number of ether oxygens (including phenoxy) is 1. The predicted octanol–water partition coefficient (Wildman–Crippen LogP) is 2.72. The maximum atomic E-state index is 5.80. The van der Waals surface area contributed by atoms with Crippen molar-refractivity contribution in [3.05, 3.63) is 29.9 Å². The molecular weight excluding hydrogens is 310 g/mol. The molecule has 23 heavy (non-hydrogen) atoms. The molecule has 3 aromatic rings. The highest BCUT2D eigenvalue weighted by atomic mass is 32.1. The number of imidazole rings is 1. The lowest BCUT2D eigenvalue weighted by molar-refractivity contribution is 0.227. The number of piperidine rings is 1. The molecular formula is C16H19N5OS. The smallest absolute Gasteiger partial charge is 0.273 e. The molecule has 0 N–H and O–H groups in total. The van der Waals surface area contributed by atoms with Crippen molar-refractivity contribution in [2.24, 2.45) is 13.0 Å². The van der Waals surface area contributed by atoms with Gasteiger partial charge in [0.15, 0.2) is 5.65 Å². The van der Waals surface area contributed by atoms with Crippen LogP contribution >= 0.6 is 11.3 Å². The lowest BCUT2D eigenvalue weighted by Gasteiger charge is -2.33. The summed E-state index contributed by atoms with van der Waals surface area (Å²) in [6, 6.07) is 3.94. The van der Waals surface area contributed by atoms with Crippen molar-refractivity contribution in [3.63, 3.8) is 0 Å². The van der Waals surface area contributed by atoms with Crippen LogP contribution in [0, 0.1) is 5.92 Å². The summed E-state index contributed by atoms with van der Waals surface area (Å²) in [7, 11) is 2.04. The Bertz CT molecular complexity index is 785. The number of rotatable bonds is 4. The van der Waals surface area contributed by atoms with Gasteiger partial charge in [-0.1, -0.05) is 11.3 Å². The fourth-order valence-corrected chi connectivity index (χ4v) is 3.64. The minimum Gasteiger partial charge on any atom is -0.470 e. The number of pyridine rings is 1. The van der Waals surface area contributed by atoms with Crippen molar-refractivity contribution in [3.8, 4) is 5.19 Å². The van der Waals surface area contributed by atoms with E-state index in [4.69, 9.17) is 9.72 Å². The van der Waals surface area contributed by atoms with Gasteiger partial charge in [-0.25, -0.2) is 15.0 Å². The first kappa shape index (κ1) is 14.4. The molecule has 1 atom stereocenters. The van der Waals surface area contributed by atoms with Crippen LogP contribution in [0.5, 0.6) is 5.19 Å². The Morgan fingerprint density at radius 3 is 3.13 bits per heavy atom. The zero-order valence-corrected chi connectivity index (χ0v) is 13.9. The molecule has 1 saturated heterocycles. The van der Waals surface area contributed by atoms with E-state index < -0.39 is 0 Å². The van der Waals surface area contributed by atoms with Crippen LogP contribution in [0.3, 0.4) is 0 Å². The molecule has 0 aromatic carbocycles. The molecule has 7 heteroatoms. The van der Waals surface area contributed by atoms with Gasteiger partial charge in [-0.2, -0.15) is 0 Å². The van der Waals surface area contributed by atoms with Gasteiger partial charge in [-0.05, 0) is 25.0 Å². The van der Waals surface area contributed by atoms with Crippen LogP contribution in [-0.2, 0) is 7.05 Å². The molecule has 4 heterocycles. The summed E-state index contributed by atoms with van der Waals surface area (Å²) >= 11 is 1.54. The molecule has 1 aliphatic rings. The van der Waals surface area contributed by atoms with Gasteiger partial charge >= 0.3 is 0 Å². The van der Waals surface area contributed by atoms with Crippen LogP contribution in [0.25, 0.3) is 11.2 Å². The van der Waals surface area contributed by atoms with Crippen LogP contribution < -0.4 is 9.64 Å². The number of aromatic nitrogens is 4. The van der Waals surface area contributed by atoms with Crippen molar-refractivity contribution in [1.82, 2.24) is 19.5 Å². The van der Waals surface area contributed by atoms with Gasteiger partial charge in [0.2, 0.25) is 5.95 Å². The van der Waals surface area contributed by atoms with Gasteiger partial charge in [0.1, 0.15) is 5.52 Å². The van der Waals surface area contributed by atoms with Gasteiger partial charge < -0.3 is 9.64 Å². The lowest BCUT2D eigenvalue weighted by Crippen LogP contribution is -2.39. The van der Waals surface area contributed by atoms with E-state index in [9.17, 15) is 0 Å². The Hall–Kier alpha value is -2.15. The average Bonchev–Trinajstić information content (AvgIpc) is 3.22. The molecule has 1 fully saturated rings. The first-order valence-corrected chi connectivity index (χ1v) is 8.74. The number of hydrogen-bond donors (Lipinski definition) is 0. The zero-order valence-electron chi connectivity index (χ0n) is 13.1. The molecule has 4 rings (SSSR count). The highest BCUT2D eigenvalue weighted by Gasteiger charge is 2.24. The molecule has 0 saturated carbocycles. The van der Waals surface area contributed by atoms with Gasteiger partial charge in [0.05, 0.1) is 6.61 Å². The molecule has 6 nitrogen and oxygen atoms in total. The summed E-state index contributed by atoms with van der Waals surface area (Å²) < 4.78 is 7.88. The Balaban J connectivity index is 1.48. The third kappa shape index (κ3) is 2.88. The summed E-state index contributed by atoms with van der Waals surface area (Å²) in [5.74, 6) is 1.50. The Labute approximate surface area is 138 Å². The van der Waals surface area contributed by atoms with E-state index in [1.807, 2.05) is 30.8 Å². The third-order valence-electron chi connectivity index (χ3n) is 4.26. The Kier molecular flexibility index (Phi) is 3.87. The van der Waals surface area contributed by atoms with E-state index in [1.54, 1.807) is 17.5 Å². The van der Waals surface area contributed by atoms with Crippen molar-refractivity contribution >= 4 is 28.4 Å². The maximum absolute atomic E-state index is 5.80. The molecule has 0 amide bonds. The molecule has 0 spiro atoms. The lowest BCUT2D eigenvalue weighted by atomic mass is 9.99.